The lowest BCUT2D eigenvalue weighted by molar-refractivity contribution is -0.138. The Morgan fingerprint density at radius 3 is 1.90 bits per heavy atom. The third-order valence-electron chi connectivity index (χ3n) is 3.68. The zero-order chi connectivity index (χ0) is 23.3. The Morgan fingerprint density at radius 2 is 1.42 bits per heavy atom. The van der Waals surface area contributed by atoms with Gasteiger partial charge in [-0.1, -0.05) is 6.92 Å². The molecule has 182 valence electrons. The van der Waals surface area contributed by atoms with E-state index in [0.717, 1.165) is 24.8 Å². The van der Waals surface area contributed by atoms with E-state index in [1.807, 2.05) is 6.92 Å². The van der Waals surface area contributed by atoms with Crippen LogP contribution in [0.25, 0.3) is 0 Å². The SMILES string of the molecule is CCCOCCOCCOCCOCCCNC(=O)C(CC(=O)O)SCC(N)C(=O)O. The molecule has 0 aromatic heterocycles. The highest BCUT2D eigenvalue weighted by Gasteiger charge is 2.24. The summed E-state index contributed by atoms with van der Waals surface area (Å²) < 4.78 is 21.4. The molecule has 0 spiro atoms. The maximum Gasteiger partial charge on any atom is 0.321 e. The largest absolute Gasteiger partial charge is 0.481 e. The van der Waals surface area contributed by atoms with Crippen molar-refractivity contribution in [1.82, 2.24) is 5.32 Å². The van der Waals surface area contributed by atoms with Crippen LogP contribution < -0.4 is 11.1 Å². The summed E-state index contributed by atoms with van der Waals surface area (Å²) in [5.41, 5.74) is 5.39. The first-order valence-corrected chi connectivity index (χ1v) is 11.3. The third-order valence-corrected chi connectivity index (χ3v) is 5.01. The molecule has 0 fully saturated rings. The van der Waals surface area contributed by atoms with E-state index in [-0.39, 0.29) is 5.75 Å². The number of amides is 1. The molecular weight excluding hydrogens is 432 g/mol. The fourth-order valence-corrected chi connectivity index (χ4v) is 3.16. The molecule has 0 aromatic carbocycles. The predicted octanol–water partition coefficient (Wildman–Crippen LogP) is -0.0425. The molecule has 0 saturated heterocycles. The van der Waals surface area contributed by atoms with Crippen molar-refractivity contribution in [1.29, 1.82) is 0 Å². The molecule has 0 bridgehead atoms. The maximum atomic E-state index is 12.1. The van der Waals surface area contributed by atoms with Gasteiger partial charge in [0.25, 0.3) is 0 Å². The quantitative estimate of drug-likeness (QED) is 0.157. The van der Waals surface area contributed by atoms with Crippen LogP contribution in [0.4, 0.5) is 0 Å². The molecule has 0 aliphatic rings. The number of ether oxygens (including phenoxy) is 4. The van der Waals surface area contributed by atoms with Gasteiger partial charge in [-0.2, -0.15) is 0 Å². The minimum atomic E-state index is -1.20. The molecule has 0 aromatic rings. The Morgan fingerprint density at radius 1 is 0.903 bits per heavy atom. The van der Waals surface area contributed by atoms with Gasteiger partial charge in [-0.25, -0.2) is 0 Å². The molecule has 0 saturated carbocycles. The Balaban J connectivity index is 3.68. The second kappa shape index (κ2) is 20.5. The Hall–Kier alpha value is -1.44. The van der Waals surface area contributed by atoms with Crippen molar-refractivity contribution in [3.8, 4) is 0 Å². The molecule has 0 radical (unpaired) electrons. The third kappa shape index (κ3) is 19.0. The number of carbonyl (C=O) groups excluding carboxylic acids is 1. The number of rotatable bonds is 22. The number of nitrogens with one attached hydrogen (secondary N) is 1. The van der Waals surface area contributed by atoms with Gasteiger partial charge in [0.1, 0.15) is 6.04 Å². The van der Waals surface area contributed by atoms with Gasteiger partial charge in [-0.15, -0.1) is 11.8 Å². The molecule has 0 aliphatic carbocycles. The van der Waals surface area contributed by atoms with Crippen molar-refractivity contribution in [2.75, 3.05) is 65.2 Å². The van der Waals surface area contributed by atoms with Crippen LogP contribution in [0.15, 0.2) is 0 Å². The number of carboxylic acids is 2. The van der Waals surface area contributed by atoms with Crippen molar-refractivity contribution < 1.29 is 43.5 Å². The molecule has 0 aliphatic heterocycles. The lowest BCUT2D eigenvalue weighted by Crippen LogP contribution is -2.38. The predicted molar refractivity (Wildman–Crippen MR) is 115 cm³/mol. The summed E-state index contributed by atoms with van der Waals surface area (Å²) in [7, 11) is 0. The first kappa shape index (κ1) is 29.6. The van der Waals surface area contributed by atoms with E-state index in [0.29, 0.717) is 59.2 Å². The summed E-state index contributed by atoms with van der Waals surface area (Å²) in [6.07, 6.45) is 1.13. The van der Waals surface area contributed by atoms with Crippen molar-refractivity contribution in [2.45, 2.75) is 37.5 Å². The van der Waals surface area contributed by atoms with Gasteiger partial charge < -0.3 is 40.2 Å². The van der Waals surface area contributed by atoms with Gasteiger partial charge in [-0.3, -0.25) is 14.4 Å². The van der Waals surface area contributed by atoms with E-state index in [1.165, 1.54) is 0 Å². The van der Waals surface area contributed by atoms with Crippen LogP contribution >= 0.6 is 11.8 Å². The topological polar surface area (TPSA) is 167 Å². The number of hydrogen-bond donors (Lipinski definition) is 4. The minimum absolute atomic E-state index is 0.0541. The maximum absolute atomic E-state index is 12.1. The molecule has 0 heterocycles. The van der Waals surface area contributed by atoms with E-state index in [2.05, 4.69) is 5.32 Å². The highest BCUT2D eigenvalue weighted by atomic mass is 32.2. The van der Waals surface area contributed by atoms with Gasteiger partial charge in [0.2, 0.25) is 5.91 Å². The monoisotopic (exact) mass is 468 g/mol. The number of nitrogens with two attached hydrogens (primary N) is 1. The van der Waals surface area contributed by atoms with E-state index in [4.69, 9.17) is 34.9 Å². The van der Waals surface area contributed by atoms with E-state index in [9.17, 15) is 14.4 Å². The Kier molecular flexibility index (Phi) is 19.5. The first-order valence-electron chi connectivity index (χ1n) is 10.3. The molecule has 1 amide bonds. The molecule has 0 rings (SSSR count). The zero-order valence-electron chi connectivity index (χ0n) is 18.1. The molecule has 11 nitrogen and oxygen atoms in total. The molecule has 2 unspecified atom stereocenters. The van der Waals surface area contributed by atoms with Crippen LogP contribution in [-0.2, 0) is 33.3 Å². The van der Waals surface area contributed by atoms with Gasteiger partial charge in [0.15, 0.2) is 0 Å². The Bertz CT molecular complexity index is 497. The average Bonchev–Trinajstić information content (AvgIpc) is 2.73. The summed E-state index contributed by atoms with van der Waals surface area (Å²) in [6.45, 7) is 6.46. The average molecular weight is 469 g/mol. The summed E-state index contributed by atoms with van der Waals surface area (Å²) in [5, 5.41) is 19.4. The summed E-state index contributed by atoms with van der Waals surface area (Å²) >= 11 is 0.918. The molecule has 12 heteroatoms. The fraction of sp³-hybridized carbons (Fsp3) is 0.842. The smallest absolute Gasteiger partial charge is 0.321 e. The number of thioether (sulfide) groups is 1. The van der Waals surface area contributed by atoms with Crippen molar-refractivity contribution in [3.05, 3.63) is 0 Å². The fourth-order valence-electron chi connectivity index (χ4n) is 2.08. The highest BCUT2D eigenvalue weighted by molar-refractivity contribution is 8.00. The van der Waals surface area contributed by atoms with Crippen LogP contribution in [0, 0.1) is 0 Å². The van der Waals surface area contributed by atoms with Crippen LogP contribution in [0.3, 0.4) is 0 Å². The Labute approximate surface area is 187 Å². The minimum Gasteiger partial charge on any atom is -0.481 e. The van der Waals surface area contributed by atoms with Gasteiger partial charge >= 0.3 is 11.9 Å². The highest BCUT2D eigenvalue weighted by Crippen LogP contribution is 2.16. The standard InChI is InChI=1S/C19H36N2O9S/c1-2-5-27-7-9-29-11-12-30-10-8-28-6-3-4-21-18(24)16(13-17(22)23)31-14-15(20)19(25)26/h15-16H,2-14,20H2,1H3,(H,21,24)(H,22,23)(H,25,26). The number of carbonyl (C=O) groups is 3. The number of hydrogen-bond acceptors (Lipinski definition) is 9. The second-order valence-corrected chi connectivity index (χ2v) is 7.69. The van der Waals surface area contributed by atoms with Gasteiger partial charge in [-0.05, 0) is 12.8 Å². The van der Waals surface area contributed by atoms with Crippen LogP contribution in [0.2, 0.25) is 0 Å². The summed E-state index contributed by atoms with van der Waals surface area (Å²) in [6, 6.07) is -1.16. The molecule has 2 atom stereocenters. The molecule has 31 heavy (non-hydrogen) atoms. The second-order valence-electron chi connectivity index (χ2n) is 6.46. The van der Waals surface area contributed by atoms with E-state index >= 15 is 0 Å². The summed E-state index contributed by atoms with van der Waals surface area (Å²) in [4.78, 5) is 33.8. The van der Waals surface area contributed by atoms with Crippen molar-refractivity contribution in [3.63, 3.8) is 0 Å². The van der Waals surface area contributed by atoms with Crippen LogP contribution in [-0.4, -0.2) is 105 Å². The zero-order valence-corrected chi connectivity index (χ0v) is 18.9. The lowest BCUT2D eigenvalue weighted by atomic mass is 10.3. The molecular formula is C19H36N2O9S. The first-order chi connectivity index (χ1) is 14.9. The number of carboxylic acid groups (broad SMARTS) is 2. The lowest BCUT2D eigenvalue weighted by Gasteiger charge is -2.16. The van der Waals surface area contributed by atoms with E-state index in [1.54, 1.807) is 0 Å². The van der Waals surface area contributed by atoms with Crippen molar-refractivity contribution >= 4 is 29.6 Å². The van der Waals surface area contributed by atoms with Crippen LogP contribution in [0.1, 0.15) is 26.2 Å². The van der Waals surface area contributed by atoms with Gasteiger partial charge in [0.05, 0.1) is 51.3 Å². The van der Waals surface area contributed by atoms with E-state index < -0.39 is 35.6 Å². The van der Waals surface area contributed by atoms with Gasteiger partial charge in [0, 0.05) is 25.5 Å². The van der Waals surface area contributed by atoms with Crippen LogP contribution in [0.5, 0.6) is 0 Å². The van der Waals surface area contributed by atoms with Crippen molar-refractivity contribution in [2.24, 2.45) is 5.73 Å². The number of aliphatic carboxylic acids is 2. The molecule has 5 N–H and O–H groups in total. The normalized spacial score (nSPS) is 13.0. The summed E-state index contributed by atoms with van der Waals surface area (Å²) in [5.74, 6) is -2.86.